The van der Waals surface area contributed by atoms with E-state index in [1.807, 2.05) is 38.1 Å². The number of nitrogens with zero attached hydrogens (tertiary/aromatic N) is 1. The van der Waals surface area contributed by atoms with Crippen molar-refractivity contribution < 1.29 is 18.5 Å². The van der Waals surface area contributed by atoms with Crippen LogP contribution in [0, 0.1) is 6.92 Å². The molecule has 1 N–H and O–H groups in total. The Morgan fingerprint density at radius 1 is 1.14 bits per heavy atom. The van der Waals surface area contributed by atoms with Crippen molar-refractivity contribution in [2.75, 3.05) is 33.4 Å². The first-order valence-corrected chi connectivity index (χ1v) is 14.5. The van der Waals surface area contributed by atoms with E-state index in [1.54, 1.807) is 0 Å². The first-order valence-electron chi connectivity index (χ1n) is 12.4. The van der Waals surface area contributed by atoms with Gasteiger partial charge in [0.05, 0.1) is 0 Å². The van der Waals surface area contributed by atoms with Gasteiger partial charge in [0.25, 0.3) is 0 Å². The molecule has 2 aromatic carbocycles. The second kappa shape index (κ2) is 11.1. The summed E-state index contributed by atoms with van der Waals surface area (Å²) in [5.41, 5.74) is 7.72. The fourth-order valence-corrected chi connectivity index (χ4v) is 6.99. The van der Waals surface area contributed by atoms with E-state index in [0.717, 1.165) is 65.2 Å². The number of halogens is 1. The third-order valence-electron chi connectivity index (χ3n) is 6.91. The summed E-state index contributed by atoms with van der Waals surface area (Å²) in [5.74, 6) is 0.968. The molecule has 1 aliphatic heterocycles. The van der Waals surface area contributed by atoms with Crippen molar-refractivity contribution in [2.45, 2.75) is 46.0 Å². The van der Waals surface area contributed by atoms with Crippen LogP contribution in [0.25, 0.3) is 11.1 Å². The minimum absolute atomic E-state index is 0.301. The predicted octanol–water partition coefficient (Wildman–Crippen LogP) is 6.96. The van der Waals surface area contributed by atoms with Crippen LogP contribution in [0.1, 0.15) is 60.4 Å². The summed E-state index contributed by atoms with van der Waals surface area (Å²) in [6.45, 7) is 12.8. The molecule has 0 spiro atoms. The van der Waals surface area contributed by atoms with E-state index in [9.17, 15) is 4.89 Å². The van der Waals surface area contributed by atoms with Gasteiger partial charge in [0.15, 0.2) is 0 Å². The van der Waals surface area contributed by atoms with E-state index in [2.05, 4.69) is 37.6 Å². The number of piperidine rings is 1. The minimum atomic E-state index is -3.84. The SMILES string of the molecule is C=C1C=C(c2ccccc2Cl)Cc2c1c(C)cc(O[PH](O)(OCC)OCC)c2C1CCN(C)CC1. The molecule has 0 aromatic heterocycles. The van der Waals surface area contributed by atoms with E-state index in [-0.39, 0.29) is 0 Å². The van der Waals surface area contributed by atoms with Crippen molar-refractivity contribution in [3.05, 3.63) is 75.8 Å². The molecule has 1 aliphatic carbocycles. The average Bonchev–Trinajstić information content (AvgIpc) is 2.80. The van der Waals surface area contributed by atoms with E-state index < -0.39 is 8.17 Å². The topological polar surface area (TPSA) is 51.2 Å². The number of allylic oxidation sites excluding steroid dienone is 3. The van der Waals surface area contributed by atoms with Crippen LogP contribution in [-0.2, 0) is 15.5 Å². The maximum absolute atomic E-state index is 11.2. The third kappa shape index (κ3) is 5.67. The molecule has 0 amide bonds. The van der Waals surface area contributed by atoms with Crippen LogP contribution in [0.5, 0.6) is 5.75 Å². The van der Waals surface area contributed by atoms with E-state index >= 15 is 0 Å². The molecule has 0 atom stereocenters. The summed E-state index contributed by atoms with van der Waals surface area (Å²) in [6.07, 6.45) is 4.91. The second-order valence-corrected chi connectivity index (χ2v) is 11.6. The first kappa shape index (κ1) is 26.3. The van der Waals surface area contributed by atoms with Crippen LogP contribution < -0.4 is 4.52 Å². The van der Waals surface area contributed by atoms with Gasteiger partial charge in [0.2, 0.25) is 0 Å². The van der Waals surface area contributed by atoms with Crippen LogP contribution in [0.3, 0.4) is 0 Å². The van der Waals surface area contributed by atoms with Crippen molar-refractivity contribution in [1.29, 1.82) is 0 Å². The predicted molar refractivity (Wildman–Crippen MR) is 147 cm³/mol. The molecule has 1 fully saturated rings. The van der Waals surface area contributed by atoms with Gasteiger partial charge in [-0.05, 0) is 0 Å². The van der Waals surface area contributed by atoms with Crippen molar-refractivity contribution in [3.63, 3.8) is 0 Å². The first-order chi connectivity index (χ1) is 16.8. The zero-order valence-corrected chi connectivity index (χ0v) is 23.0. The summed E-state index contributed by atoms with van der Waals surface area (Å²) in [6, 6.07) is 9.98. The average molecular weight is 518 g/mol. The molecule has 0 bridgehead atoms. The zero-order chi connectivity index (χ0) is 25.2. The monoisotopic (exact) mass is 517 g/mol. The van der Waals surface area contributed by atoms with Gasteiger partial charge >= 0.3 is 215 Å². The summed E-state index contributed by atoms with van der Waals surface area (Å²) in [5, 5.41) is 0.731. The van der Waals surface area contributed by atoms with Gasteiger partial charge in [0, 0.05) is 0 Å². The number of likely N-dealkylation sites (tertiary alicyclic amines) is 1. The summed E-state index contributed by atoms with van der Waals surface area (Å²) in [7, 11) is -1.68. The molecule has 1 saturated heterocycles. The number of benzene rings is 2. The Labute approximate surface area is 215 Å². The van der Waals surface area contributed by atoms with Crippen LogP contribution in [0.15, 0.2) is 43.0 Å². The molecule has 4 rings (SSSR count). The quantitative estimate of drug-likeness (QED) is 0.383. The molecular formula is C28H37ClNO4P. The maximum atomic E-state index is 11.2. The van der Waals surface area contributed by atoms with Crippen molar-refractivity contribution in [3.8, 4) is 5.75 Å². The Hall–Kier alpha value is -1.72. The van der Waals surface area contributed by atoms with Gasteiger partial charge in [0.1, 0.15) is 0 Å². The summed E-state index contributed by atoms with van der Waals surface area (Å²) >= 11 is 6.59. The van der Waals surface area contributed by atoms with Crippen LogP contribution in [0.2, 0.25) is 5.02 Å². The Morgan fingerprint density at radius 3 is 2.43 bits per heavy atom. The fourth-order valence-electron chi connectivity index (χ4n) is 5.35. The van der Waals surface area contributed by atoms with Gasteiger partial charge < -0.3 is 0 Å². The van der Waals surface area contributed by atoms with E-state index in [1.165, 1.54) is 11.1 Å². The number of rotatable bonds is 8. The second-order valence-electron chi connectivity index (χ2n) is 9.38. The van der Waals surface area contributed by atoms with Gasteiger partial charge in [-0.1, -0.05) is 0 Å². The van der Waals surface area contributed by atoms with Gasteiger partial charge in [-0.25, -0.2) is 0 Å². The molecule has 7 heteroatoms. The molecular weight excluding hydrogens is 481 g/mol. The van der Waals surface area contributed by atoms with Gasteiger partial charge in [-0.15, -0.1) is 0 Å². The zero-order valence-electron chi connectivity index (χ0n) is 21.2. The molecule has 0 radical (unpaired) electrons. The van der Waals surface area contributed by atoms with Crippen LogP contribution >= 0.6 is 19.8 Å². The molecule has 0 unspecified atom stereocenters. The van der Waals surface area contributed by atoms with E-state index in [4.69, 9.17) is 25.2 Å². The molecule has 35 heavy (non-hydrogen) atoms. The molecule has 5 nitrogen and oxygen atoms in total. The van der Waals surface area contributed by atoms with Crippen LogP contribution in [-0.4, -0.2) is 43.1 Å². The standard InChI is InChI=1S/C28H37ClNO4P/c1-6-32-35(31,33-7-2)34-26-17-20(4)27-19(3)16-22(23-10-8-9-11-25(23)29)18-24(27)28(26)21-12-14-30(5)15-13-21/h8-11,16-17,21,31,35H,3,6-7,12-15,18H2,1-2,4-5H3. The van der Waals surface area contributed by atoms with Gasteiger partial charge in [-0.2, -0.15) is 0 Å². The Kier molecular flexibility index (Phi) is 8.38. The number of fused-ring (bicyclic) bond motifs is 1. The normalized spacial score (nSPS) is 17.8. The van der Waals surface area contributed by atoms with Gasteiger partial charge in [-0.3, -0.25) is 0 Å². The fraction of sp³-hybridized carbons (Fsp3) is 0.429. The Morgan fingerprint density at radius 2 is 1.80 bits per heavy atom. The van der Waals surface area contributed by atoms with Crippen molar-refractivity contribution in [1.82, 2.24) is 4.90 Å². The Bertz CT molecular complexity index is 1120. The van der Waals surface area contributed by atoms with Crippen molar-refractivity contribution >= 4 is 30.9 Å². The Balaban J connectivity index is 1.85. The molecule has 2 aliphatic rings. The number of hydrogen-bond donors (Lipinski definition) is 1. The molecule has 2 aromatic rings. The number of hydrogen-bond acceptors (Lipinski definition) is 5. The molecule has 0 saturated carbocycles. The summed E-state index contributed by atoms with van der Waals surface area (Å²) < 4.78 is 17.6. The van der Waals surface area contributed by atoms with Crippen molar-refractivity contribution in [2.24, 2.45) is 0 Å². The summed E-state index contributed by atoms with van der Waals surface area (Å²) in [4.78, 5) is 13.5. The van der Waals surface area contributed by atoms with E-state index in [0.29, 0.717) is 24.9 Å². The van der Waals surface area contributed by atoms with Crippen LogP contribution in [0.4, 0.5) is 0 Å². The molecule has 1 heterocycles. The molecule has 190 valence electrons. The third-order valence-corrected chi connectivity index (χ3v) is 9.02. The number of aryl methyl sites for hydroxylation is 1.